The van der Waals surface area contributed by atoms with Crippen molar-refractivity contribution >= 4 is 11.9 Å². The van der Waals surface area contributed by atoms with Crippen LogP contribution in [0.4, 0.5) is 0 Å². The molecule has 0 atom stereocenters. The maximum absolute atomic E-state index is 10.3. The molecule has 0 aliphatic rings. The molecule has 2 nitrogen and oxygen atoms in total. The van der Waals surface area contributed by atoms with Crippen molar-refractivity contribution in [3.05, 3.63) is 42.0 Å². The molecule has 0 aliphatic heterocycles. The van der Waals surface area contributed by atoms with Crippen LogP contribution in [-0.4, -0.2) is 6.29 Å². The summed E-state index contributed by atoms with van der Waals surface area (Å²) in [5.74, 6) is 0. The summed E-state index contributed by atoms with van der Waals surface area (Å²) in [7, 11) is 0. The highest BCUT2D eigenvalue weighted by molar-refractivity contribution is 6.05. The molecule has 0 radical (unpaired) electrons. The normalized spacial score (nSPS) is 9.42. The van der Waals surface area contributed by atoms with Crippen LogP contribution in [0.1, 0.15) is 11.1 Å². The summed E-state index contributed by atoms with van der Waals surface area (Å²) in [5, 5.41) is 0. The van der Waals surface area contributed by atoms with Crippen LogP contribution in [0.3, 0.4) is 0 Å². The SMILES string of the molecule is C=C(C=O)c1ccc(CN)cc1. The zero-order valence-electron chi connectivity index (χ0n) is 6.79. The first kappa shape index (κ1) is 8.68. The Kier molecular flexibility index (Phi) is 2.77. The van der Waals surface area contributed by atoms with Gasteiger partial charge in [-0.1, -0.05) is 30.8 Å². The van der Waals surface area contributed by atoms with Gasteiger partial charge in [0.2, 0.25) is 0 Å². The van der Waals surface area contributed by atoms with Gasteiger partial charge in [0, 0.05) is 12.1 Å². The highest BCUT2D eigenvalue weighted by atomic mass is 16.1. The highest BCUT2D eigenvalue weighted by Gasteiger charge is 1.95. The van der Waals surface area contributed by atoms with E-state index in [1.165, 1.54) is 0 Å². The first-order chi connectivity index (χ1) is 5.77. The summed E-state index contributed by atoms with van der Waals surface area (Å²) >= 11 is 0. The Morgan fingerprint density at radius 2 is 2.00 bits per heavy atom. The molecule has 0 saturated heterocycles. The van der Waals surface area contributed by atoms with Crippen LogP contribution >= 0.6 is 0 Å². The molecule has 0 heterocycles. The Labute approximate surface area is 71.7 Å². The summed E-state index contributed by atoms with van der Waals surface area (Å²) in [6.07, 6.45) is 0.747. The van der Waals surface area contributed by atoms with Crippen LogP contribution in [0, 0.1) is 0 Å². The molecule has 0 amide bonds. The minimum absolute atomic E-state index is 0.499. The fraction of sp³-hybridized carbons (Fsp3) is 0.100. The molecule has 0 aliphatic carbocycles. The Morgan fingerprint density at radius 1 is 1.42 bits per heavy atom. The maximum Gasteiger partial charge on any atom is 0.150 e. The molecule has 0 bridgehead atoms. The van der Waals surface area contributed by atoms with Gasteiger partial charge in [0.15, 0.2) is 0 Å². The number of hydrogen-bond donors (Lipinski definition) is 1. The van der Waals surface area contributed by atoms with E-state index >= 15 is 0 Å². The summed E-state index contributed by atoms with van der Waals surface area (Å²) in [6.45, 7) is 4.12. The second kappa shape index (κ2) is 3.83. The van der Waals surface area contributed by atoms with E-state index in [4.69, 9.17) is 5.73 Å². The topological polar surface area (TPSA) is 43.1 Å². The van der Waals surface area contributed by atoms with Gasteiger partial charge in [-0.05, 0) is 11.1 Å². The third-order valence-electron chi connectivity index (χ3n) is 1.70. The monoisotopic (exact) mass is 161 g/mol. The lowest BCUT2D eigenvalue weighted by Crippen LogP contribution is -1.95. The molecular formula is C10H11NO. The van der Waals surface area contributed by atoms with E-state index in [-0.39, 0.29) is 0 Å². The zero-order valence-corrected chi connectivity index (χ0v) is 6.79. The quantitative estimate of drug-likeness (QED) is 0.537. The van der Waals surface area contributed by atoms with Gasteiger partial charge in [-0.3, -0.25) is 4.79 Å². The standard InChI is InChI=1S/C10H11NO/c1-8(7-12)10-4-2-9(6-11)3-5-10/h2-5,7H,1,6,11H2. The Hall–Kier alpha value is -1.41. The van der Waals surface area contributed by atoms with E-state index in [1.807, 2.05) is 24.3 Å². The summed E-state index contributed by atoms with van der Waals surface area (Å²) in [4.78, 5) is 10.3. The van der Waals surface area contributed by atoms with Crippen LogP contribution in [-0.2, 0) is 11.3 Å². The molecule has 0 aromatic heterocycles. The number of carbonyl (C=O) groups is 1. The van der Waals surface area contributed by atoms with Gasteiger partial charge in [0.25, 0.3) is 0 Å². The molecule has 1 aromatic rings. The lowest BCUT2D eigenvalue weighted by Gasteiger charge is -1.99. The smallest absolute Gasteiger partial charge is 0.150 e. The molecule has 12 heavy (non-hydrogen) atoms. The van der Waals surface area contributed by atoms with Crippen molar-refractivity contribution < 1.29 is 4.79 Å². The Morgan fingerprint density at radius 3 is 2.42 bits per heavy atom. The van der Waals surface area contributed by atoms with Gasteiger partial charge < -0.3 is 5.73 Å². The Balaban J connectivity index is 2.91. The lowest BCUT2D eigenvalue weighted by atomic mass is 10.1. The number of nitrogens with two attached hydrogens (primary N) is 1. The Bertz CT molecular complexity index is 287. The fourth-order valence-electron chi connectivity index (χ4n) is 0.923. The molecule has 1 rings (SSSR count). The van der Waals surface area contributed by atoms with Crippen LogP contribution in [0.5, 0.6) is 0 Å². The predicted molar refractivity (Wildman–Crippen MR) is 49.4 cm³/mol. The largest absolute Gasteiger partial charge is 0.326 e. The molecular weight excluding hydrogens is 150 g/mol. The van der Waals surface area contributed by atoms with Crippen molar-refractivity contribution in [2.24, 2.45) is 5.73 Å². The van der Waals surface area contributed by atoms with E-state index in [9.17, 15) is 4.79 Å². The average Bonchev–Trinajstić information content (AvgIpc) is 2.17. The van der Waals surface area contributed by atoms with Gasteiger partial charge in [-0.2, -0.15) is 0 Å². The second-order valence-corrected chi connectivity index (χ2v) is 2.54. The van der Waals surface area contributed by atoms with Crippen molar-refractivity contribution in [2.75, 3.05) is 0 Å². The zero-order chi connectivity index (χ0) is 8.97. The molecule has 1 aromatic carbocycles. The maximum atomic E-state index is 10.3. The summed E-state index contributed by atoms with van der Waals surface area (Å²) < 4.78 is 0. The minimum atomic E-state index is 0.499. The average molecular weight is 161 g/mol. The number of carbonyl (C=O) groups excluding carboxylic acids is 1. The van der Waals surface area contributed by atoms with E-state index < -0.39 is 0 Å². The van der Waals surface area contributed by atoms with Gasteiger partial charge in [0.05, 0.1) is 0 Å². The van der Waals surface area contributed by atoms with Crippen LogP contribution in [0.2, 0.25) is 0 Å². The van der Waals surface area contributed by atoms with Crippen molar-refractivity contribution in [3.8, 4) is 0 Å². The number of hydrogen-bond acceptors (Lipinski definition) is 2. The number of rotatable bonds is 3. The number of aldehydes is 1. The highest BCUT2D eigenvalue weighted by Crippen LogP contribution is 2.10. The van der Waals surface area contributed by atoms with Crippen molar-refractivity contribution in [2.45, 2.75) is 6.54 Å². The first-order valence-electron chi connectivity index (χ1n) is 3.71. The minimum Gasteiger partial charge on any atom is -0.326 e. The third-order valence-corrected chi connectivity index (χ3v) is 1.70. The van der Waals surface area contributed by atoms with Gasteiger partial charge >= 0.3 is 0 Å². The molecule has 2 N–H and O–H groups in total. The molecule has 0 saturated carbocycles. The van der Waals surface area contributed by atoms with E-state index in [0.717, 1.165) is 17.4 Å². The van der Waals surface area contributed by atoms with E-state index in [1.54, 1.807) is 0 Å². The van der Waals surface area contributed by atoms with Gasteiger partial charge in [-0.25, -0.2) is 0 Å². The van der Waals surface area contributed by atoms with Gasteiger partial charge in [0.1, 0.15) is 6.29 Å². The van der Waals surface area contributed by atoms with Crippen LogP contribution < -0.4 is 5.73 Å². The van der Waals surface area contributed by atoms with E-state index in [2.05, 4.69) is 6.58 Å². The fourth-order valence-corrected chi connectivity index (χ4v) is 0.923. The molecule has 0 fully saturated rings. The number of benzene rings is 1. The second-order valence-electron chi connectivity index (χ2n) is 2.54. The molecule has 0 spiro atoms. The van der Waals surface area contributed by atoms with Crippen molar-refractivity contribution in [3.63, 3.8) is 0 Å². The van der Waals surface area contributed by atoms with Crippen LogP contribution in [0.25, 0.3) is 5.57 Å². The molecule has 2 heteroatoms. The van der Waals surface area contributed by atoms with E-state index in [0.29, 0.717) is 12.1 Å². The van der Waals surface area contributed by atoms with Crippen molar-refractivity contribution in [1.82, 2.24) is 0 Å². The third kappa shape index (κ3) is 1.80. The van der Waals surface area contributed by atoms with Gasteiger partial charge in [-0.15, -0.1) is 0 Å². The number of allylic oxidation sites excluding steroid dienone is 1. The van der Waals surface area contributed by atoms with Crippen LogP contribution in [0.15, 0.2) is 30.8 Å². The predicted octanol–water partition coefficient (Wildman–Crippen LogP) is 1.36. The summed E-state index contributed by atoms with van der Waals surface area (Å²) in [5.41, 5.74) is 7.82. The first-order valence-corrected chi connectivity index (χ1v) is 3.71. The molecule has 62 valence electrons. The molecule has 0 unspecified atom stereocenters. The lowest BCUT2D eigenvalue weighted by molar-refractivity contribution is -0.103. The van der Waals surface area contributed by atoms with Crippen molar-refractivity contribution in [1.29, 1.82) is 0 Å². The summed E-state index contributed by atoms with van der Waals surface area (Å²) in [6, 6.07) is 7.48.